The van der Waals surface area contributed by atoms with Gasteiger partial charge in [-0.1, -0.05) is 42.0 Å². The van der Waals surface area contributed by atoms with E-state index in [-0.39, 0.29) is 11.9 Å². The Hall–Kier alpha value is -3.58. The molecule has 0 bridgehead atoms. The van der Waals surface area contributed by atoms with E-state index in [0.717, 1.165) is 35.2 Å². The molecule has 3 aromatic rings. The Morgan fingerprint density at radius 2 is 1.86 bits per heavy atom. The van der Waals surface area contributed by atoms with Gasteiger partial charge in [0.1, 0.15) is 0 Å². The van der Waals surface area contributed by atoms with Gasteiger partial charge in [0.25, 0.3) is 0 Å². The molecule has 35 heavy (non-hydrogen) atoms. The number of hydrogen-bond donors (Lipinski definition) is 1. The number of carbonyl (C=O) groups is 2. The van der Waals surface area contributed by atoms with Crippen LogP contribution < -0.4 is 5.73 Å². The molecule has 180 valence electrons. The Kier molecular flexibility index (Phi) is 6.34. The van der Waals surface area contributed by atoms with Gasteiger partial charge in [0.2, 0.25) is 11.8 Å². The van der Waals surface area contributed by atoms with E-state index < -0.39 is 11.3 Å². The van der Waals surface area contributed by atoms with Crippen LogP contribution in [-0.4, -0.2) is 46.4 Å². The molecule has 2 fully saturated rings. The van der Waals surface area contributed by atoms with Crippen LogP contribution in [0.25, 0.3) is 11.4 Å². The number of amides is 2. The first kappa shape index (κ1) is 23.2. The molecule has 2 aliphatic heterocycles. The van der Waals surface area contributed by atoms with Crippen LogP contribution in [0, 0.1) is 6.92 Å². The lowest BCUT2D eigenvalue weighted by atomic mass is 9.72. The third-order valence-corrected chi connectivity index (χ3v) is 7.29. The maximum atomic E-state index is 14.3. The lowest BCUT2D eigenvalue weighted by Gasteiger charge is -2.41. The van der Waals surface area contributed by atoms with Crippen molar-refractivity contribution in [3.63, 3.8) is 0 Å². The highest BCUT2D eigenvalue weighted by Gasteiger charge is 2.47. The molecule has 3 heterocycles. The number of nitrogens with two attached hydrogens (primary N) is 1. The van der Waals surface area contributed by atoms with Crippen LogP contribution in [0.4, 0.5) is 0 Å². The molecule has 5 rings (SSSR count). The second-order valence-electron chi connectivity index (χ2n) is 9.47. The first-order valence-electron chi connectivity index (χ1n) is 12.2. The number of carbonyl (C=O) groups excluding carboxylic acids is 2. The zero-order chi connectivity index (χ0) is 24.4. The van der Waals surface area contributed by atoms with Gasteiger partial charge in [0.15, 0.2) is 5.82 Å². The minimum atomic E-state index is -0.576. The molecule has 7 heteroatoms. The summed E-state index contributed by atoms with van der Waals surface area (Å²) >= 11 is 0. The fourth-order valence-corrected chi connectivity index (χ4v) is 5.36. The van der Waals surface area contributed by atoms with Crippen LogP contribution in [-0.2, 0) is 14.9 Å². The number of rotatable bonds is 5. The summed E-state index contributed by atoms with van der Waals surface area (Å²) in [7, 11) is 0. The van der Waals surface area contributed by atoms with Gasteiger partial charge in [0.05, 0.1) is 17.2 Å². The van der Waals surface area contributed by atoms with Crippen LogP contribution in [0.1, 0.15) is 58.9 Å². The standard InChI is InChI=1S/C28H30N4O3/c1-19-4-2-5-22(18-19)28(12-16-35-17-13-28)27(34)32-15-3-6-24(32)23-11-14-30-26(31-23)21-9-7-20(8-10-21)25(29)33/h2,4-5,7-11,14,18,24H,3,6,12-13,15-17H2,1H3,(H2,29,33)/t24-/m0/s1. The van der Waals surface area contributed by atoms with E-state index in [0.29, 0.717) is 44.0 Å². The molecular weight excluding hydrogens is 440 g/mol. The van der Waals surface area contributed by atoms with E-state index in [2.05, 4.69) is 30.1 Å². The predicted octanol–water partition coefficient (Wildman–Crippen LogP) is 3.96. The van der Waals surface area contributed by atoms with Gasteiger partial charge in [-0.2, -0.15) is 0 Å². The van der Waals surface area contributed by atoms with Gasteiger partial charge in [-0.15, -0.1) is 0 Å². The molecule has 2 amide bonds. The Bertz CT molecular complexity index is 1230. The molecular formula is C28H30N4O3. The maximum Gasteiger partial charge on any atom is 0.248 e. The summed E-state index contributed by atoms with van der Waals surface area (Å²) in [5, 5.41) is 0. The third-order valence-electron chi connectivity index (χ3n) is 7.29. The van der Waals surface area contributed by atoms with Gasteiger partial charge in [-0.25, -0.2) is 9.97 Å². The second kappa shape index (κ2) is 9.58. The fraction of sp³-hybridized carbons (Fsp3) is 0.357. The Labute approximate surface area is 205 Å². The van der Waals surface area contributed by atoms with Gasteiger partial charge >= 0.3 is 0 Å². The summed E-state index contributed by atoms with van der Waals surface area (Å²) in [5.41, 5.74) is 9.10. The van der Waals surface area contributed by atoms with Crippen LogP contribution >= 0.6 is 0 Å². The van der Waals surface area contributed by atoms with E-state index in [1.54, 1.807) is 30.5 Å². The predicted molar refractivity (Wildman–Crippen MR) is 133 cm³/mol. The summed E-state index contributed by atoms with van der Waals surface area (Å²) in [6, 6.07) is 17.1. The molecule has 1 atom stereocenters. The average Bonchev–Trinajstić information content (AvgIpc) is 3.39. The molecule has 0 saturated carbocycles. The summed E-state index contributed by atoms with van der Waals surface area (Å²) in [6.07, 6.45) is 4.90. The highest BCUT2D eigenvalue weighted by atomic mass is 16.5. The van der Waals surface area contributed by atoms with Crippen molar-refractivity contribution in [2.24, 2.45) is 5.73 Å². The lowest BCUT2D eigenvalue weighted by molar-refractivity contribution is -0.142. The van der Waals surface area contributed by atoms with Gasteiger partial charge < -0.3 is 15.4 Å². The normalized spacial score (nSPS) is 19.5. The SMILES string of the molecule is Cc1cccc(C2(C(=O)N3CCC[C@H]3c3ccnc(-c4ccc(C(N)=O)cc4)n3)CCOCC2)c1. The Morgan fingerprint density at radius 3 is 2.57 bits per heavy atom. The van der Waals surface area contributed by atoms with E-state index in [1.165, 1.54) is 0 Å². The first-order chi connectivity index (χ1) is 17.0. The number of ether oxygens (including phenoxy) is 1. The highest BCUT2D eigenvalue weighted by molar-refractivity contribution is 5.93. The van der Waals surface area contributed by atoms with Gasteiger partial charge in [-0.3, -0.25) is 9.59 Å². The fourth-order valence-electron chi connectivity index (χ4n) is 5.36. The van der Waals surface area contributed by atoms with E-state index in [1.807, 2.05) is 17.0 Å². The Balaban J connectivity index is 1.46. The molecule has 0 spiro atoms. The molecule has 2 aliphatic rings. The van der Waals surface area contributed by atoms with Crippen molar-refractivity contribution >= 4 is 11.8 Å². The molecule has 0 aliphatic carbocycles. The number of benzene rings is 2. The lowest BCUT2D eigenvalue weighted by Crippen LogP contribution is -2.49. The smallest absolute Gasteiger partial charge is 0.248 e. The molecule has 0 unspecified atom stereocenters. The van der Waals surface area contributed by atoms with Crippen LogP contribution in [0.15, 0.2) is 60.8 Å². The Morgan fingerprint density at radius 1 is 1.09 bits per heavy atom. The van der Waals surface area contributed by atoms with Gasteiger partial charge in [0, 0.05) is 37.1 Å². The maximum absolute atomic E-state index is 14.3. The molecule has 2 saturated heterocycles. The quantitative estimate of drug-likeness (QED) is 0.609. The van der Waals surface area contributed by atoms with E-state index in [4.69, 9.17) is 15.5 Å². The minimum absolute atomic E-state index is 0.0985. The third kappa shape index (κ3) is 4.44. The largest absolute Gasteiger partial charge is 0.381 e. The summed E-state index contributed by atoms with van der Waals surface area (Å²) in [5.74, 6) is 0.263. The van der Waals surface area contributed by atoms with Crippen molar-refractivity contribution in [3.8, 4) is 11.4 Å². The number of hydrogen-bond acceptors (Lipinski definition) is 5. The van der Waals surface area contributed by atoms with Crippen LogP contribution in [0.5, 0.6) is 0 Å². The molecule has 7 nitrogen and oxygen atoms in total. The molecule has 2 N–H and O–H groups in total. The van der Waals surface area contributed by atoms with Crippen molar-refractivity contribution in [1.82, 2.24) is 14.9 Å². The van der Waals surface area contributed by atoms with Crippen LogP contribution in [0.2, 0.25) is 0 Å². The van der Waals surface area contributed by atoms with Crippen molar-refractivity contribution in [1.29, 1.82) is 0 Å². The monoisotopic (exact) mass is 470 g/mol. The molecule has 2 aromatic carbocycles. The average molecular weight is 471 g/mol. The zero-order valence-electron chi connectivity index (χ0n) is 19.9. The highest BCUT2D eigenvalue weighted by Crippen LogP contribution is 2.42. The van der Waals surface area contributed by atoms with Gasteiger partial charge in [-0.05, 0) is 56.4 Å². The summed E-state index contributed by atoms with van der Waals surface area (Å²) < 4.78 is 5.67. The first-order valence-corrected chi connectivity index (χ1v) is 12.2. The van der Waals surface area contributed by atoms with Crippen LogP contribution in [0.3, 0.4) is 0 Å². The molecule has 1 aromatic heterocycles. The topological polar surface area (TPSA) is 98.4 Å². The number of primary amides is 1. The zero-order valence-corrected chi connectivity index (χ0v) is 19.9. The van der Waals surface area contributed by atoms with Crippen molar-refractivity contribution in [2.45, 2.75) is 44.1 Å². The minimum Gasteiger partial charge on any atom is -0.381 e. The second-order valence-corrected chi connectivity index (χ2v) is 9.47. The summed E-state index contributed by atoms with van der Waals surface area (Å²) in [6.45, 7) is 3.94. The number of aromatic nitrogens is 2. The van der Waals surface area contributed by atoms with E-state index >= 15 is 0 Å². The van der Waals surface area contributed by atoms with Crippen molar-refractivity contribution < 1.29 is 14.3 Å². The van der Waals surface area contributed by atoms with Crippen molar-refractivity contribution in [2.75, 3.05) is 19.8 Å². The number of aryl methyl sites for hydroxylation is 1. The number of likely N-dealkylation sites (tertiary alicyclic amines) is 1. The van der Waals surface area contributed by atoms with Crippen molar-refractivity contribution in [3.05, 3.63) is 83.2 Å². The van der Waals surface area contributed by atoms with E-state index in [9.17, 15) is 9.59 Å². The molecule has 0 radical (unpaired) electrons. The summed E-state index contributed by atoms with van der Waals surface area (Å²) in [4.78, 5) is 37.0. The number of nitrogens with zero attached hydrogens (tertiary/aromatic N) is 3.